The Morgan fingerprint density at radius 1 is 1.12 bits per heavy atom. The van der Waals surface area contributed by atoms with Gasteiger partial charge in [0.2, 0.25) is 5.88 Å². The third-order valence-electron chi connectivity index (χ3n) is 5.32. The first-order chi connectivity index (χ1) is 15.9. The van der Waals surface area contributed by atoms with Gasteiger partial charge in [-0.25, -0.2) is 4.68 Å². The number of halogens is 1. The summed E-state index contributed by atoms with van der Waals surface area (Å²) in [5.74, 6) is 0.526. The lowest BCUT2D eigenvalue weighted by Gasteiger charge is -2.12. The predicted octanol–water partition coefficient (Wildman–Crippen LogP) is 5.28. The van der Waals surface area contributed by atoms with Crippen molar-refractivity contribution in [2.45, 2.75) is 27.2 Å². The van der Waals surface area contributed by atoms with Gasteiger partial charge in [0.15, 0.2) is 12.3 Å². The van der Waals surface area contributed by atoms with Gasteiger partial charge in [-0.05, 0) is 56.2 Å². The molecule has 2 aromatic heterocycles. The molecule has 33 heavy (non-hydrogen) atoms. The number of nitrogens with one attached hydrogen (secondary N) is 1. The highest BCUT2D eigenvalue weighted by Gasteiger charge is 2.17. The summed E-state index contributed by atoms with van der Waals surface area (Å²) in [5.41, 5.74) is 5.21. The Labute approximate surface area is 197 Å². The number of carbonyl (C=O) groups is 1. The van der Waals surface area contributed by atoms with E-state index in [4.69, 9.17) is 26.2 Å². The highest BCUT2D eigenvalue weighted by Crippen LogP contribution is 2.29. The zero-order valence-corrected chi connectivity index (χ0v) is 19.7. The minimum Gasteiger partial charge on any atom is -0.495 e. The Kier molecular flexibility index (Phi) is 6.51. The van der Waals surface area contributed by atoms with E-state index in [0.717, 1.165) is 28.8 Å². The topological polar surface area (TPSA) is 78.3 Å². The van der Waals surface area contributed by atoms with Crippen LogP contribution in [0.3, 0.4) is 0 Å². The zero-order valence-electron chi connectivity index (χ0n) is 19.0. The van der Waals surface area contributed by atoms with E-state index >= 15 is 0 Å². The van der Waals surface area contributed by atoms with Crippen molar-refractivity contribution in [3.8, 4) is 17.3 Å². The number of benzene rings is 2. The number of rotatable bonds is 7. The van der Waals surface area contributed by atoms with Crippen LogP contribution >= 0.6 is 11.6 Å². The van der Waals surface area contributed by atoms with E-state index < -0.39 is 0 Å². The molecule has 7 nitrogen and oxygen atoms in total. The summed E-state index contributed by atoms with van der Waals surface area (Å²) in [6.07, 6.45) is 0.779. The highest BCUT2D eigenvalue weighted by molar-refractivity contribution is 6.31. The lowest BCUT2D eigenvalue weighted by molar-refractivity contribution is -0.118. The Balaban J connectivity index is 1.60. The lowest BCUT2D eigenvalue weighted by Crippen LogP contribution is -2.21. The molecule has 0 radical (unpaired) electrons. The van der Waals surface area contributed by atoms with Crippen LogP contribution in [0.25, 0.3) is 16.7 Å². The van der Waals surface area contributed by atoms with E-state index in [-0.39, 0.29) is 12.5 Å². The molecule has 0 saturated heterocycles. The van der Waals surface area contributed by atoms with Crippen molar-refractivity contribution >= 4 is 34.2 Å². The summed E-state index contributed by atoms with van der Waals surface area (Å²) in [4.78, 5) is 17.2. The molecule has 2 aromatic carbocycles. The standard InChI is InChI=1S/C25H25ClN4O3/c1-5-17-12-23(33-14-22(31)27-20-13-18(26)8-11-21(20)32-4)28-25-24(17)16(3)29-30(25)19-9-6-15(2)7-10-19/h6-13H,5,14H2,1-4H3,(H,27,31). The molecular formula is C25H25ClN4O3. The number of aryl methyl sites for hydroxylation is 3. The van der Waals surface area contributed by atoms with Gasteiger partial charge in [-0.15, -0.1) is 0 Å². The molecule has 8 heteroatoms. The van der Waals surface area contributed by atoms with Gasteiger partial charge >= 0.3 is 0 Å². The number of methoxy groups -OCH3 is 1. The first kappa shape index (κ1) is 22.6. The van der Waals surface area contributed by atoms with Gasteiger partial charge in [0.1, 0.15) is 5.75 Å². The van der Waals surface area contributed by atoms with E-state index in [0.29, 0.717) is 28.0 Å². The molecule has 0 spiro atoms. The molecule has 4 rings (SSSR count). The second-order valence-corrected chi connectivity index (χ2v) is 8.12. The third kappa shape index (κ3) is 4.78. The molecule has 0 bridgehead atoms. The van der Waals surface area contributed by atoms with E-state index in [9.17, 15) is 4.79 Å². The van der Waals surface area contributed by atoms with Gasteiger partial charge in [0.05, 0.1) is 24.2 Å². The van der Waals surface area contributed by atoms with Gasteiger partial charge in [0.25, 0.3) is 5.91 Å². The number of hydrogen-bond donors (Lipinski definition) is 1. The predicted molar refractivity (Wildman–Crippen MR) is 130 cm³/mol. The number of pyridine rings is 1. The molecule has 1 amide bonds. The molecular weight excluding hydrogens is 440 g/mol. The number of ether oxygens (including phenoxy) is 2. The second kappa shape index (κ2) is 9.50. The number of nitrogens with zero attached hydrogens (tertiary/aromatic N) is 3. The number of amides is 1. The molecule has 0 aliphatic carbocycles. The largest absolute Gasteiger partial charge is 0.495 e. The van der Waals surface area contributed by atoms with Crippen molar-refractivity contribution in [1.82, 2.24) is 14.8 Å². The summed E-state index contributed by atoms with van der Waals surface area (Å²) in [7, 11) is 1.53. The van der Waals surface area contributed by atoms with E-state index in [1.54, 1.807) is 18.2 Å². The van der Waals surface area contributed by atoms with Gasteiger partial charge in [0, 0.05) is 16.5 Å². The molecule has 0 aliphatic rings. The van der Waals surface area contributed by atoms with Crippen molar-refractivity contribution < 1.29 is 14.3 Å². The van der Waals surface area contributed by atoms with Crippen LogP contribution in [-0.4, -0.2) is 34.4 Å². The SMILES string of the molecule is CCc1cc(OCC(=O)Nc2cc(Cl)ccc2OC)nc2c1c(C)nn2-c1ccc(C)cc1. The van der Waals surface area contributed by atoms with Crippen LogP contribution in [0.4, 0.5) is 5.69 Å². The van der Waals surface area contributed by atoms with Crippen molar-refractivity contribution in [2.24, 2.45) is 0 Å². The summed E-state index contributed by atoms with van der Waals surface area (Å²) in [6.45, 7) is 5.87. The Bertz CT molecular complexity index is 1320. The summed E-state index contributed by atoms with van der Waals surface area (Å²) in [6, 6.07) is 15.0. The van der Waals surface area contributed by atoms with E-state index in [1.165, 1.54) is 12.7 Å². The minimum atomic E-state index is -0.348. The van der Waals surface area contributed by atoms with Crippen LogP contribution in [0.2, 0.25) is 5.02 Å². The maximum absolute atomic E-state index is 12.5. The van der Waals surface area contributed by atoms with Gasteiger partial charge < -0.3 is 14.8 Å². The molecule has 170 valence electrons. The molecule has 0 unspecified atom stereocenters. The monoisotopic (exact) mass is 464 g/mol. The fourth-order valence-corrected chi connectivity index (χ4v) is 3.85. The average molecular weight is 465 g/mol. The maximum Gasteiger partial charge on any atom is 0.262 e. The molecule has 0 atom stereocenters. The molecule has 4 aromatic rings. The van der Waals surface area contributed by atoms with Crippen LogP contribution in [-0.2, 0) is 11.2 Å². The maximum atomic E-state index is 12.5. The molecule has 0 aliphatic heterocycles. The zero-order chi connectivity index (χ0) is 23.5. The number of aromatic nitrogens is 3. The van der Waals surface area contributed by atoms with Crippen molar-refractivity contribution in [1.29, 1.82) is 0 Å². The summed E-state index contributed by atoms with van der Waals surface area (Å²) < 4.78 is 12.9. The van der Waals surface area contributed by atoms with E-state index in [1.807, 2.05) is 48.9 Å². The quantitative estimate of drug-likeness (QED) is 0.402. The second-order valence-electron chi connectivity index (χ2n) is 7.69. The third-order valence-corrected chi connectivity index (χ3v) is 5.55. The molecule has 0 fully saturated rings. The molecule has 0 saturated carbocycles. The van der Waals surface area contributed by atoms with Crippen LogP contribution in [0.5, 0.6) is 11.6 Å². The minimum absolute atomic E-state index is 0.213. The number of anilines is 1. The first-order valence-electron chi connectivity index (χ1n) is 10.6. The summed E-state index contributed by atoms with van der Waals surface area (Å²) >= 11 is 6.04. The van der Waals surface area contributed by atoms with Crippen LogP contribution in [0, 0.1) is 13.8 Å². The molecule has 1 N–H and O–H groups in total. The van der Waals surface area contributed by atoms with Crippen molar-refractivity contribution in [2.75, 3.05) is 19.0 Å². The normalized spacial score (nSPS) is 10.9. The number of fused-ring (bicyclic) bond motifs is 1. The van der Waals surface area contributed by atoms with Crippen LogP contribution in [0.15, 0.2) is 48.5 Å². The average Bonchev–Trinajstić information content (AvgIpc) is 3.14. The Morgan fingerprint density at radius 3 is 2.58 bits per heavy atom. The number of hydrogen-bond acceptors (Lipinski definition) is 5. The van der Waals surface area contributed by atoms with Crippen LogP contribution < -0.4 is 14.8 Å². The Morgan fingerprint density at radius 2 is 1.88 bits per heavy atom. The smallest absolute Gasteiger partial charge is 0.262 e. The Hall–Kier alpha value is -3.58. The molecule has 2 heterocycles. The fraction of sp³-hybridized carbons (Fsp3) is 0.240. The van der Waals surface area contributed by atoms with Crippen molar-refractivity contribution in [3.05, 3.63) is 70.4 Å². The fourth-order valence-electron chi connectivity index (χ4n) is 3.67. The first-order valence-corrected chi connectivity index (χ1v) is 11.0. The number of carbonyl (C=O) groups excluding carboxylic acids is 1. The highest BCUT2D eigenvalue weighted by atomic mass is 35.5. The van der Waals surface area contributed by atoms with Gasteiger partial charge in [-0.3, -0.25) is 4.79 Å². The van der Waals surface area contributed by atoms with E-state index in [2.05, 4.69) is 17.2 Å². The van der Waals surface area contributed by atoms with Crippen LogP contribution in [0.1, 0.15) is 23.7 Å². The van der Waals surface area contributed by atoms with Gasteiger partial charge in [-0.1, -0.05) is 36.2 Å². The van der Waals surface area contributed by atoms with Gasteiger partial charge in [-0.2, -0.15) is 10.1 Å². The summed E-state index contributed by atoms with van der Waals surface area (Å²) in [5, 5.41) is 8.97. The van der Waals surface area contributed by atoms with Crippen molar-refractivity contribution in [3.63, 3.8) is 0 Å². The lowest BCUT2D eigenvalue weighted by atomic mass is 10.1.